The summed E-state index contributed by atoms with van der Waals surface area (Å²) in [4.78, 5) is 0.428. The summed E-state index contributed by atoms with van der Waals surface area (Å²) in [6.45, 7) is 2.00. The van der Waals surface area contributed by atoms with Crippen molar-refractivity contribution in [2.75, 3.05) is 0 Å². The topological polar surface area (TPSA) is 34.1 Å². The largest absolute Gasteiger partial charge is 0.223 e. The third-order valence-electron chi connectivity index (χ3n) is 4.79. The Bertz CT molecular complexity index is 737. The molecule has 0 atom stereocenters. The van der Waals surface area contributed by atoms with Crippen LogP contribution in [0.25, 0.3) is 0 Å². The third kappa shape index (κ3) is 4.03. The van der Waals surface area contributed by atoms with Crippen LogP contribution in [0.1, 0.15) is 54.7 Å². The zero-order chi connectivity index (χ0) is 16.3. The van der Waals surface area contributed by atoms with E-state index in [9.17, 15) is 8.42 Å². The Kier molecular flexibility index (Phi) is 4.86. The fraction of sp³-hybridized carbons (Fsp3) is 0.400. The molecular weight excluding hydrogens is 304 g/mol. The van der Waals surface area contributed by atoms with E-state index in [1.807, 2.05) is 43.3 Å². The summed E-state index contributed by atoms with van der Waals surface area (Å²) in [7, 11) is -3.27. The number of sulfone groups is 1. The SMILES string of the molecule is Cc1ccc(CS(=O)(=O)c2ccc(C3CCCCC3)cc2)cc1. The third-order valence-corrected chi connectivity index (χ3v) is 6.50. The van der Waals surface area contributed by atoms with E-state index in [1.54, 1.807) is 12.1 Å². The van der Waals surface area contributed by atoms with Crippen LogP contribution in [0.15, 0.2) is 53.4 Å². The van der Waals surface area contributed by atoms with Crippen molar-refractivity contribution in [2.24, 2.45) is 0 Å². The van der Waals surface area contributed by atoms with E-state index in [2.05, 4.69) is 0 Å². The molecule has 1 fully saturated rings. The lowest BCUT2D eigenvalue weighted by Gasteiger charge is -2.22. The van der Waals surface area contributed by atoms with E-state index in [0.717, 1.165) is 11.1 Å². The number of aryl methyl sites for hydroxylation is 1. The van der Waals surface area contributed by atoms with Gasteiger partial charge in [-0.15, -0.1) is 0 Å². The van der Waals surface area contributed by atoms with Crippen LogP contribution in [0.3, 0.4) is 0 Å². The van der Waals surface area contributed by atoms with Gasteiger partial charge in [-0.3, -0.25) is 0 Å². The van der Waals surface area contributed by atoms with E-state index in [4.69, 9.17) is 0 Å². The van der Waals surface area contributed by atoms with E-state index >= 15 is 0 Å². The van der Waals surface area contributed by atoms with Gasteiger partial charge in [0.15, 0.2) is 9.84 Å². The first kappa shape index (κ1) is 16.3. The standard InChI is InChI=1S/C20H24O2S/c1-16-7-9-17(10-8-16)15-23(21,22)20-13-11-19(12-14-20)18-5-3-2-4-6-18/h7-14,18H,2-6,15H2,1H3. The maximum atomic E-state index is 12.6. The summed E-state index contributed by atoms with van der Waals surface area (Å²) in [6.07, 6.45) is 6.38. The molecule has 1 aliphatic carbocycles. The van der Waals surface area contributed by atoms with Gasteiger partial charge in [-0.1, -0.05) is 61.2 Å². The Morgan fingerprint density at radius 1 is 0.870 bits per heavy atom. The van der Waals surface area contributed by atoms with Crippen molar-refractivity contribution in [3.05, 3.63) is 65.2 Å². The van der Waals surface area contributed by atoms with E-state index < -0.39 is 9.84 Å². The quantitative estimate of drug-likeness (QED) is 0.790. The van der Waals surface area contributed by atoms with Crippen molar-refractivity contribution < 1.29 is 8.42 Å². The summed E-state index contributed by atoms with van der Waals surface area (Å²) >= 11 is 0. The van der Waals surface area contributed by atoms with Gasteiger partial charge in [-0.2, -0.15) is 0 Å². The molecule has 0 radical (unpaired) electrons. The second kappa shape index (κ2) is 6.88. The molecule has 0 N–H and O–H groups in total. The smallest absolute Gasteiger partial charge is 0.182 e. The molecule has 1 saturated carbocycles. The van der Waals surface area contributed by atoms with Gasteiger partial charge < -0.3 is 0 Å². The summed E-state index contributed by atoms with van der Waals surface area (Å²) in [6, 6.07) is 15.3. The Labute approximate surface area is 139 Å². The molecule has 2 aromatic rings. The summed E-state index contributed by atoms with van der Waals surface area (Å²) in [5.74, 6) is 0.674. The van der Waals surface area contributed by atoms with Crippen LogP contribution in [0.2, 0.25) is 0 Å². The average molecular weight is 328 g/mol. The van der Waals surface area contributed by atoms with Crippen molar-refractivity contribution >= 4 is 9.84 Å². The molecule has 3 rings (SSSR count). The number of hydrogen-bond acceptors (Lipinski definition) is 2. The second-order valence-electron chi connectivity index (χ2n) is 6.65. The van der Waals surface area contributed by atoms with Gasteiger partial charge in [0.1, 0.15) is 0 Å². The van der Waals surface area contributed by atoms with Crippen molar-refractivity contribution in [3.8, 4) is 0 Å². The predicted molar refractivity (Wildman–Crippen MR) is 94.3 cm³/mol. The maximum absolute atomic E-state index is 12.6. The van der Waals surface area contributed by atoms with Crippen LogP contribution in [0.4, 0.5) is 0 Å². The molecule has 0 aromatic heterocycles. The first-order valence-electron chi connectivity index (χ1n) is 8.43. The highest BCUT2D eigenvalue weighted by molar-refractivity contribution is 7.90. The Morgan fingerprint density at radius 2 is 1.48 bits per heavy atom. The summed E-state index contributed by atoms with van der Waals surface area (Å²) in [5.41, 5.74) is 3.27. The highest BCUT2D eigenvalue weighted by Crippen LogP contribution is 2.33. The van der Waals surface area contributed by atoms with Crippen LogP contribution in [-0.4, -0.2) is 8.42 Å². The Balaban J connectivity index is 1.75. The molecule has 0 heterocycles. The van der Waals surface area contributed by atoms with Crippen LogP contribution in [0, 0.1) is 6.92 Å². The fourth-order valence-electron chi connectivity index (χ4n) is 3.37. The minimum Gasteiger partial charge on any atom is -0.223 e. The van der Waals surface area contributed by atoms with Crippen molar-refractivity contribution in [2.45, 2.75) is 55.6 Å². The van der Waals surface area contributed by atoms with Crippen molar-refractivity contribution in [3.63, 3.8) is 0 Å². The molecule has 23 heavy (non-hydrogen) atoms. The van der Waals surface area contributed by atoms with Crippen LogP contribution >= 0.6 is 0 Å². The van der Waals surface area contributed by atoms with Gasteiger partial charge >= 0.3 is 0 Å². The molecule has 0 bridgehead atoms. The molecule has 2 nitrogen and oxygen atoms in total. The molecule has 3 heteroatoms. The number of benzene rings is 2. The predicted octanol–water partition coefficient (Wildman–Crippen LogP) is 5.02. The van der Waals surface area contributed by atoms with E-state index in [-0.39, 0.29) is 5.75 Å². The molecule has 0 spiro atoms. The monoisotopic (exact) mass is 328 g/mol. The molecular formula is C20H24O2S. The van der Waals surface area contributed by atoms with Gasteiger partial charge in [0.05, 0.1) is 10.6 Å². The highest BCUT2D eigenvalue weighted by atomic mass is 32.2. The molecule has 0 aliphatic heterocycles. The average Bonchev–Trinajstić information content (AvgIpc) is 2.58. The summed E-state index contributed by atoms with van der Waals surface area (Å²) < 4.78 is 25.1. The molecule has 122 valence electrons. The fourth-order valence-corrected chi connectivity index (χ4v) is 4.72. The number of hydrogen-bond donors (Lipinski definition) is 0. The first-order chi connectivity index (χ1) is 11.0. The van der Waals surface area contributed by atoms with Crippen LogP contribution in [0.5, 0.6) is 0 Å². The van der Waals surface area contributed by atoms with Gasteiger partial charge in [0.25, 0.3) is 0 Å². The summed E-state index contributed by atoms with van der Waals surface area (Å²) in [5, 5.41) is 0. The minimum atomic E-state index is -3.27. The molecule has 0 saturated heterocycles. The Morgan fingerprint density at radius 3 is 2.09 bits per heavy atom. The lowest BCUT2D eigenvalue weighted by Crippen LogP contribution is -2.07. The lowest BCUT2D eigenvalue weighted by atomic mass is 9.84. The van der Waals surface area contributed by atoms with Crippen LogP contribution < -0.4 is 0 Å². The first-order valence-corrected chi connectivity index (χ1v) is 10.1. The maximum Gasteiger partial charge on any atom is 0.182 e. The van der Waals surface area contributed by atoms with Crippen molar-refractivity contribution in [1.82, 2.24) is 0 Å². The molecule has 0 unspecified atom stereocenters. The minimum absolute atomic E-state index is 0.0655. The molecule has 1 aliphatic rings. The zero-order valence-electron chi connectivity index (χ0n) is 13.7. The van der Waals surface area contributed by atoms with Gasteiger partial charge in [0.2, 0.25) is 0 Å². The highest BCUT2D eigenvalue weighted by Gasteiger charge is 2.18. The van der Waals surface area contributed by atoms with Gasteiger partial charge in [-0.25, -0.2) is 8.42 Å². The zero-order valence-corrected chi connectivity index (χ0v) is 14.5. The van der Waals surface area contributed by atoms with Crippen LogP contribution in [-0.2, 0) is 15.6 Å². The lowest BCUT2D eigenvalue weighted by molar-refractivity contribution is 0.443. The normalized spacial score (nSPS) is 16.4. The Hall–Kier alpha value is -1.61. The van der Waals surface area contributed by atoms with E-state index in [1.165, 1.54) is 37.7 Å². The molecule has 2 aromatic carbocycles. The van der Waals surface area contributed by atoms with Gasteiger partial charge in [-0.05, 0) is 48.9 Å². The van der Waals surface area contributed by atoms with E-state index in [0.29, 0.717) is 10.8 Å². The number of rotatable bonds is 4. The van der Waals surface area contributed by atoms with Gasteiger partial charge in [0, 0.05) is 0 Å². The molecule has 0 amide bonds. The van der Waals surface area contributed by atoms with Crippen molar-refractivity contribution in [1.29, 1.82) is 0 Å². The second-order valence-corrected chi connectivity index (χ2v) is 8.64.